The van der Waals surface area contributed by atoms with Gasteiger partial charge in [-0.3, -0.25) is 0 Å². The summed E-state index contributed by atoms with van der Waals surface area (Å²) in [6, 6.07) is 18.1. The standard InChI is InChI=1S/C28H38N3O4S/c1-4-26(30-36(33,34)25-18-12-7-13-19-25)31(2,3)21-24-20-29-27(35-24)28(32,22-14-8-5-9-15-22)23-16-10-6-11-17-23/h5,7-9,12-15,18-20,23,26,30,32H,4,6,10-11,16-17,21H2,1-3H3/q+1/t26?,28-/m0/s1. The molecule has 2 N–H and O–H groups in total. The lowest BCUT2D eigenvalue weighted by atomic mass is 9.73. The van der Waals surface area contributed by atoms with Gasteiger partial charge in [0, 0.05) is 12.3 Å². The molecular formula is C28H38N3O4S+. The Balaban J connectivity index is 1.58. The van der Waals surface area contributed by atoms with E-state index in [-0.39, 0.29) is 17.0 Å². The summed E-state index contributed by atoms with van der Waals surface area (Å²) in [4.78, 5) is 4.81. The zero-order chi connectivity index (χ0) is 25.8. The van der Waals surface area contributed by atoms with Crippen LogP contribution in [0.1, 0.15) is 62.7 Å². The van der Waals surface area contributed by atoms with Crippen LogP contribution in [0.25, 0.3) is 0 Å². The van der Waals surface area contributed by atoms with Gasteiger partial charge in [0.15, 0.2) is 17.5 Å². The lowest BCUT2D eigenvalue weighted by molar-refractivity contribution is -0.930. The SMILES string of the molecule is CCC(NS(=O)(=O)c1ccccc1)[N+](C)(C)Cc1cnc([C@](O)(c2ccccc2)C2CCCCC2)o1. The summed E-state index contributed by atoms with van der Waals surface area (Å²) in [5.74, 6) is 0.953. The zero-order valence-corrected chi connectivity index (χ0v) is 22.2. The molecule has 8 heteroatoms. The molecule has 1 aliphatic rings. The van der Waals surface area contributed by atoms with Crippen molar-refractivity contribution in [2.24, 2.45) is 5.92 Å². The van der Waals surface area contributed by atoms with E-state index in [1.807, 2.05) is 51.4 Å². The molecule has 194 valence electrons. The molecule has 0 saturated heterocycles. The number of sulfonamides is 1. The highest BCUT2D eigenvalue weighted by Gasteiger charge is 2.45. The Morgan fingerprint density at radius 2 is 1.67 bits per heavy atom. The number of oxazole rings is 1. The number of quaternary nitrogens is 1. The van der Waals surface area contributed by atoms with Gasteiger partial charge in [-0.25, -0.2) is 13.4 Å². The third kappa shape index (κ3) is 5.57. The van der Waals surface area contributed by atoms with Gasteiger partial charge in [-0.05, 0) is 30.5 Å². The first kappa shape index (κ1) is 26.5. The van der Waals surface area contributed by atoms with E-state index in [9.17, 15) is 13.5 Å². The fourth-order valence-electron chi connectivity index (χ4n) is 5.38. The van der Waals surface area contributed by atoms with Crippen LogP contribution >= 0.6 is 0 Å². The van der Waals surface area contributed by atoms with Gasteiger partial charge in [-0.1, -0.05) is 74.7 Å². The van der Waals surface area contributed by atoms with E-state index in [4.69, 9.17) is 4.42 Å². The van der Waals surface area contributed by atoms with Crippen molar-refractivity contribution < 1.29 is 22.4 Å². The van der Waals surface area contributed by atoms with Crippen LogP contribution < -0.4 is 4.72 Å². The van der Waals surface area contributed by atoms with Crippen LogP contribution in [0.5, 0.6) is 0 Å². The average molecular weight is 513 g/mol. The van der Waals surface area contributed by atoms with Crippen LogP contribution in [0.15, 0.2) is 76.2 Å². The van der Waals surface area contributed by atoms with E-state index in [2.05, 4.69) is 9.71 Å². The predicted molar refractivity (Wildman–Crippen MR) is 139 cm³/mol. The van der Waals surface area contributed by atoms with Crippen LogP contribution in [0.2, 0.25) is 0 Å². The second kappa shape index (κ2) is 10.8. The fraction of sp³-hybridized carbons (Fsp3) is 0.464. The maximum absolute atomic E-state index is 13.0. The van der Waals surface area contributed by atoms with Crippen molar-refractivity contribution >= 4 is 10.0 Å². The normalized spacial score (nSPS) is 18.0. The summed E-state index contributed by atoms with van der Waals surface area (Å²) in [7, 11) is 0.266. The number of rotatable bonds is 10. The number of aliphatic hydroxyl groups is 1. The quantitative estimate of drug-likeness (QED) is 0.301. The molecule has 36 heavy (non-hydrogen) atoms. The van der Waals surface area contributed by atoms with Crippen molar-refractivity contribution in [1.82, 2.24) is 9.71 Å². The third-order valence-electron chi connectivity index (χ3n) is 7.43. The van der Waals surface area contributed by atoms with E-state index >= 15 is 0 Å². The summed E-state index contributed by atoms with van der Waals surface area (Å²) in [5, 5.41) is 12.1. The number of nitrogens with zero attached hydrogens (tertiary/aromatic N) is 2. The van der Waals surface area contributed by atoms with Crippen LogP contribution in [0.3, 0.4) is 0 Å². The molecule has 0 spiro atoms. The van der Waals surface area contributed by atoms with Crippen molar-refractivity contribution in [1.29, 1.82) is 0 Å². The minimum absolute atomic E-state index is 0.0312. The highest BCUT2D eigenvalue weighted by atomic mass is 32.2. The van der Waals surface area contributed by atoms with E-state index < -0.39 is 15.6 Å². The lowest BCUT2D eigenvalue weighted by Crippen LogP contribution is -2.56. The van der Waals surface area contributed by atoms with Crippen LogP contribution in [-0.4, -0.2) is 43.3 Å². The Bertz CT molecular complexity index is 1220. The highest BCUT2D eigenvalue weighted by molar-refractivity contribution is 7.89. The molecule has 0 aliphatic heterocycles. The Labute approximate surface area is 214 Å². The van der Waals surface area contributed by atoms with Crippen molar-refractivity contribution in [3.05, 3.63) is 84.1 Å². The van der Waals surface area contributed by atoms with E-state index in [0.29, 0.717) is 29.1 Å². The minimum Gasteiger partial charge on any atom is -0.436 e. The molecule has 1 aliphatic carbocycles. The Kier molecular flexibility index (Phi) is 7.99. The smallest absolute Gasteiger partial charge is 0.245 e. The summed E-state index contributed by atoms with van der Waals surface area (Å²) < 4.78 is 35.4. The molecule has 1 heterocycles. The molecule has 0 bridgehead atoms. The molecule has 3 aromatic rings. The van der Waals surface area contributed by atoms with Gasteiger partial charge >= 0.3 is 0 Å². The monoisotopic (exact) mass is 512 g/mol. The van der Waals surface area contributed by atoms with Crippen molar-refractivity contribution in [3.63, 3.8) is 0 Å². The van der Waals surface area contributed by atoms with Gasteiger partial charge in [-0.2, -0.15) is 4.72 Å². The van der Waals surface area contributed by atoms with Gasteiger partial charge in [-0.15, -0.1) is 0 Å². The molecule has 0 radical (unpaired) electrons. The molecule has 1 saturated carbocycles. The Morgan fingerprint density at radius 3 is 2.28 bits per heavy atom. The number of hydrogen-bond acceptors (Lipinski definition) is 5. The van der Waals surface area contributed by atoms with Crippen molar-refractivity contribution in [3.8, 4) is 0 Å². The topological polar surface area (TPSA) is 92.4 Å². The Hall–Kier alpha value is -2.52. The number of nitrogens with one attached hydrogen (secondary N) is 1. The second-order valence-electron chi connectivity index (χ2n) is 10.4. The molecular weight excluding hydrogens is 474 g/mol. The van der Waals surface area contributed by atoms with Crippen LogP contribution in [0, 0.1) is 5.92 Å². The van der Waals surface area contributed by atoms with Gasteiger partial charge in [0.1, 0.15) is 6.54 Å². The maximum atomic E-state index is 13.0. The first-order valence-corrected chi connectivity index (χ1v) is 14.3. The van der Waals surface area contributed by atoms with E-state index in [0.717, 1.165) is 31.2 Å². The summed E-state index contributed by atoms with van der Waals surface area (Å²) in [5.41, 5.74) is -0.503. The first-order chi connectivity index (χ1) is 17.2. The van der Waals surface area contributed by atoms with Gasteiger partial charge in [0.05, 0.1) is 25.2 Å². The lowest BCUT2D eigenvalue weighted by Gasteiger charge is -2.37. The molecule has 1 aromatic heterocycles. The maximum Gasteiger partial charge on any atom is 0.245 e. The highest BCUT2D eigenvalue weighted by Crippen LogP contribution is 2.43. The van der Waals surface area contributed by atoms with Crippen molar-refractivity contribution in [2.75, 3.05) is 14.1 Å². The number of benzene rings is 2. The summed E-state index contributed by atoms with van der Waals surface area (Å²) >= 11 is 0. The number of aromatic nitrogens is 1. The molecule has 7 nitrogen and oxygen atoms in total. The summed E-state index contributed by atoms with van der Waals surface area (Å²) in [6.07, 6.45) is 7.07. The molecule has 1 fully saturated rings. The fourth-order valence-corrected chi connectivity index (χ4v) is 6.84. The summed E-state index contributed by atoms with van der Waals surface area (Å²) in [6.45, 7) is 2.37. The van der Waals surface area contributed by atoms with E-state index in [1.165, 1.54) is 6.42 Å². The van der Waals surface area contributed by atoms with Crippen molar-refractivity contribution in [2.45, 2.75) is 68.7 Å². The number of hydrogen-bond donors (Lipinski definition) is 2. The van der Waals surface area contributed by atoms with Crippen LogP contribution in [-0.2, 0) is 22.2 Å². The molecule has 4 rings (SSSR count). The van der Waals surface area contributed by atoms with E-state index in [1.54, 1.807) is 36.5 Å². The third-order valence-corrected chi connectivity index (χ3v) is 8.90. The Morgan fingerprint density at radius 1 is 1.06 bits per heavy atom. The van der Waals surface area contributed by atoms with Gasteiger partial charge < -0.3 is 14.0 Å². The van der Waals surface area contributed by atoms with Gasteiger partial charge in [0.2, 0.25) is 15.9 Å². The zero-order valence-electron chi connectivity index (χ0n) is 21.4. The van der Waals surface area contributed by atoms with Gasteiger partial charge in [0.25, 0.3) is 0 Å². The largest absolute Gasteiger partial charge is 0.436 e. The molecule has 1 unspecified atom stereocenters. The predicted octanol–water partition coefficient (Wildman–Crippen LogP) is 4.78. The molecule has 2 aromatic carbocycles. The molecule has 0 amide bonds. The average Bonchev–Trinajstić information content (AvgIpc) is 3.36. The minimum atomic E-state index is -3.67. The van der Waals surface area contributed by atoms with Crippen LogP contribution in [0.4, 0.5) is 0 Å². The second-order valence-corrected chi connectivity index (χ2v) is 12.1. The first-order valence-electron chi connectivity index (χ1n) is 12.8. The molecule has 2 atom stereocenters.